The first-order chi connectivity index (χ1) is 6.86. The van der Waals surface area contributed by atoms with Crippen molar-refractivity contribution in [2.24, 2.45) is 0 Å². The zero-order valence-corrected chi connectivity index (χ0v) is 7.57. The van der Waals surface area contributed by atoms with E-state index >= 15 is 0 Å². The number of fused-ring (bicyclic) bond motifs is 1. The molecule has 0 bridgehead atoms. The summed E-state index contributed by atoms with van der Waals surface area (Å²) in [6.45, 7) is 1.79. The number of imidazole rings is 1. The van der Waals surface area contributed by atoms with E-state index in [2.05, 4.69) is 10.3 Å². The molecule has 0 saturated carbocycles. The molecule has 0 aromatic carbocycles. The van der Waals surface area contributed by atoms with Gasteiger partial charge in [-0.1, -0.05) is 6.07 Å². The zero-order chi connectivity index (χ0) is 9.54. The van der Waals surface area contributed by atoms with Crippen LogP contribution in [0.25, 0.3) is 5.52 Å². The van der Waals surface area contributed by atoms with E-state index in [9.17, 15) is 4.39 Å². The van der Waals surface area contributed by atoms with Crippen LogP contribution < -0.4 is 5.32 Å². The van der Waals surface area contributed by atoms with Crippen LogP contribution in [0.15, 0.2) is 24.4 Å². The average Bonchev–Trinajstić information content (AvgIpc) is 2.47. The van der Waals surface area contributed by atoms with E-state index < -0.39 is 0 Å². The van der Waals surface area contributed by atoms with E-state index in [0.29, 0.717) is 5.92 Å². The molecule has 3 heterocycles. The maximum Gasteiger partial charge on any atom is 0.199 e. The molecule has 4 heteroatoms. The van der Waals surface area contributed by atoms with Gasteiger partial charge in [-0.25, -0.2) is 4.98 Å². The fraction of sp³-hybridized carbons (Fsp3) is 0.300. The summed E-state index contributed by atoms with van der Waals surface area (Å²) in [6, 6.07) is 5.03. The first-order valence-corrected chi connectivity index (χ1v) is 4.69. The third kappa shape index (κ3) is 0.974. The van der Waals surface area contributed by atoms with Gasteiger partial charge in [-0.15, -0.1) is 0 Å². The Balaban J connectivity index is 2.23. The minimum Gasteiger partial charge on any atom is -0.315 e. The van der Waals surface area contributed by atoms with Crippen LogP contribution >= 0.6 is 0 Å². The van der Waals surface area contributed by atoms with Crippen molar-refractivity contribution in [3.8, 4) is 0 Å². The molecular weight excluding hydrogens is 181 g/mol. The predicted molar refractivity (Wildman–Crippen MR) is 50.8 cm³/mol. The van der Waals surface area contributed by atoms with Gasteiger partial charge in [0.1, 0.15) is 5.82 Å². The van der Waals surface area contributed by atoms with Gasteiger partial charge in [-0.3, -0.25) is 4.40 Å². The third-order valence-electron chi connectivity index (χ3n) is 2.68. The SMILES string of the molecule is Fc1cccc2cnc(C3CNC3)n12. The molecule has 0 aliphatic carbocycles. The largest absolute Gasteiger partial charge is 0.315 e. The molecule has 0 atom stereocenters. The summed E-state index contributed by atoms with van der Waals surface area (Å²) in [6.07, 6.45) is 1.72. The van der Waals surface area contributed by atoms with Crippen LogP contribution in [0.5, 0.6) is 0 Å². The number of nitrogens with zero attached hydrogens (tertiary/aromatic N) is 2. The van der Waals surface area contributed by atoms with Crippen molar-refractivity contribution < 1.29 is 4.39 Å². The standard InChI is InChI=1S/C10H10FN3/c11-9-3-1-2-8-6-13-10(14(8)9)7-4-12-5-7/h1-3,6-7,12H,4-5H2. The van der Waals surface area contributed by atoms with Crippen LogP contribution in [0.2, 0.25) is 0 Å². The van der Waals surface area contributed by atoms with Gasteiger partial charge in [-0.05, 0) is 12.1 Å². The van der Waals surface area contributed by atoms with Crippen molar-refractivity contribution in [3.05, 3.63) is 36.2 Å². The molecule has 3 nitrogen and oxygen atoms in total. The van der Waals surface area contributed by atoms with Crippen LogP contribution in [-0.2, 0) is 0 Å². The maximum atomic E-state index is 13.5. The van der Waals surface area contributed by atoms with E-state index in [-0.39, 0.29) is 5.95 Å². The smallest absolute Gasteiger partial charge is 0.199 e. The fourth-order valence-corrected chi connectivity index (χ4v) is 1.79. The highest BCUT2D eigenvalue weighted by atomic mass is 19.1. The molecule has 1 aliphatic heterocycles. The summed E-state index contributed by atoms with van der Waals surface area (Å²) in [7, 11) is 0. The molecule has 0 spiro atoms. The number of rotatable bonds is 1. The summed E-state index contributed by atoms with van der Waals surface area (Å²) in [5.74, 6) is 0.952. The molecule has 1 fully saturated rings. The first-order valence-electron chi connectivity index (χ1n) is 4.69. The second-order valence-corrected chi connectivity index (χ2v) is 3.58. The van der Waals surface area contributed by atoms with E-state index in [1.807, 2.05) is 6.07 Å². The van der Waals surface area contributed by atoms with Crippen molar-refractivity contribution in [1.29, 1.82) is 0 Å². The Morgan fingerprint density at radius 3 is 3.00 bits per heavy atom. The van der Waals surface area contributed by atoms with Crippen LogP contribution in [-0.4, -0.2) is 22.5 Å². The second-order valence-electron chi connectivity index (χ2n) is 3.58. The molecule has 1 saturated heterocycles. The van der Waals surface area contributed by atoms with Gasteiger partial charge in [0.2, 0.25) is 0 Å². The number of hydrogen-bond donors (Lipinski definition) is 1. The molecule has 0 amide bonds. The maximum absolute atomic E-state index is 13.5. The topological polar surface area (TPSA) is 29.3 Å². The van der Waals surface area contributed by atoms with Gasteiger partial charge >= 0.3 is 0 Å². The summed E-state index contributed by atoms with van der Waals surface area (Å²) < 4.78 is 15.1. The monoisotopic (exact) mass is 191 g/mol. The van der Waals surface area contributed by atoms with E-state index in [0.717, 1.165) is 24.4 Å². The highest BCUT2D eigenvalue weighted by Gasteiger charge is 2.24. The Morgan fingerprint density at radius 1 is 1.43 bits per heavy atom. The molecule has 72 valence electrons. The fourth-order valence-electron chi connectivity index (χ4n) is 1.79. The molecule has 14 heavy (non-hydrogen) atoms. The van der Waals surface area contributed by atoms with E-state index in [4.69, 9.17) is 0 Å². The van der Waals surface area contributed by atoms with Gasteiger partial charge in [0, 0.05) is 19.0 Å². The minimum atomic E-state index is -0.234. The van der Waals surface area contributed by atoms with Gasteiger partial charge in [0.15, 0.2) is 5.95 Å². The lowest BCUT2D eigenvalue weighted by atomic mass is 10.0. The normalized spacial score (nSPS) is 17.2. The molecule has 3 rings (SSSR count). The van der Waals surface area contributed by atoms with Gasteiger partial charge in [0.25, 0.3) is 0 Å². The Hall–Kier alpha value is -1.42. The molecule has 2 aromatic rings. The molecular formula is C10H10FN3. The van der Waals surface area contributed by atoms with Crippen molar-refractivity contribution in [1.82, 2.24) is 14.7 Å². The number of pyridine rings is 1. The Labute approximate surface area is 80.6 Å². The number of nitrogens with one attached hydrogen (secondary N) is 1. The van der Waals surface area contributed by atoms with Crippen molar-refractivity contribution >= 4 is 5.52 Å². The summed E-state index contributed by atoms with van der Waals surface area (Å²) in [5, 5.41) is 3.16. The Bertz CT molecular complexity index is 473. The summed E-state index contributed by atoms with van der Waals surface area (Å²) >= 11 is 0. The van der Waals surface area contributed by atoms with Crippen LogP contribution in [0.4, 0.5) is 4.39 Å². The summed E-state index contributed by atoms with van der Waals surface area (Å²) in [4.78, 5) is 4.26. The molecule has 1 aliphatic rings. The van der Waals surface area contributed by atoms with E-state index in [1.54, 1.807) is 16.7 Å². The van der Waals surface area contributed by atoms with Crippen LogP contribution in [0.1, 0.15) is 11.7 Å². The van der Waals surface area contributed by atoms with Crippen LogP contribution in [0, 0.1) is 5.95 Å². The average molecular weight is 191 g/mol. The highest BCUT2D eigenvalue weighted by molar-refractivity contribution is 5.46. The third-order valence-corrected chi connectivity index (χ3v) is 2.68. The molecule has 0 radical (unpaired) electrons. The quantitative estimate of drug-likeness (QED) is 0.685. The van der Waals surface area contributed by atoms with Gasteiger partial charge < -0.3 is 5.32 Å². The van der Waals surface area contributed by atoms with Gasteiger partial charge in [0.05, 0.1) is 11.7 Å². The lowest BCUT2D eigenvalue weighted by Gasteiger charge is -2.25. The lowest BCUT2D eigenvalue weighted by molar-refractivity contribution is 0.419. The first kappa shape index (κ1) is 7.94. The number of hydrogen-bond acceptors (Lipinski definition) is 2. The van der Waals surface area contributed by atoms with E-state index in [1.165, 1.54) is 6.07 Å². The highest BCUT2D eigenvalue weighted by Crippen LogP contribution is 2.20. The van der Waals surface area contributed by atoms with Crippen molar-refractivity contribution in [3.63, 3.8) is 0 Å². The zero-order valence-electron chi connectivity index (χ0n) is 7.57. The molecule has 1 N–H and O–H groups in total. The van der Waals surface area contributed by atoms with Gasteiger partial charge in [-0.2, -0.15) is 4.39 Å². The van der Waals surface area contributed by atoms with Crippen molar-refractivity contribution in [2.45, 2.75) is 5.92 Å². The molecule has 0 unspecified atom stereocenters. The predicted octanol–water partition coefficient (Wildman–Crippen LogP) is 1.16. The lowest BCUT2D eigenvalue weighted by Crippen LogP contribution is -2.41. The van der Waals surface area contributed by atoms with Crippen LogP contribution in [0.3, 0.4) is 0 Å². The number of aromatic nitrogens is 2. The Kier molecular flexibility index (Phi) is 1.58. The Morgan fingerprint density at radius 2 is 2.29 bits per heavy atom. The minimum absolute atomic E-state index is 0.234. The van der Waals surface area contributed by atoms with Crippen molar-refractivity contribution in [2.75, 3.05) is 13.1 Å². The number of halogens is 1. The second kappa shape index (κ2) is 2.78. The summed E-state index contributed by atoms with van der Waals surface area (Å²) in [5.41, 5.74) is 0.826. The molecule has 2 aromatic heterocycles.